The predicted octanol–water partition coefficient (Wildman–Crippen LogP) is 4.30. The maximum atomic E-state index is 9.34. The average Bonchev–Trinajstić information content (AvgIpc) is 3.43. The van der Waals surface area contributed by atoms with Gasteiger partial charge in [0.2, 0.25) is 0 Å². The van der Waals surface area contributed by atoms with Gasteiger partial charge in [0.15, 0.2) is 11.0 Å². The highest BCUT2D eigenvalue weighted by Crippen LogP contribution is 2.29. The largest absolute Gasteiger partial charge is 0.497 e. The zero-order chi connectivity index (χ0) is 20.1. The van der Waals surface area contributed by atoms with Gasteiger partial charge in [-0.25, -0.2) is 0 Å². The standard InChI is InChI=1S/C22H22N4O2S/c1-27-19-10-8-16(9-11-19)21-24-25-22(26(21)14-20-7-4-12-28-20)29-15-18-6-3-2-5-17(18)13-23/h2-3,5-6,8-11,20H,4,7,12,14-15H2,1H3/t20-/m0/s1. The molecule has 0 N–H and O–H groups in total. The summed E-state index contributed by atoms with van der Waals surface area (Å²) < 4.78 is 13.3. The molecule has 1 aliphatic heterocycles. The first-order chi connectivity index (χ1) is 14.3. The van der Waals surface area contributed by atoms with Crippen LogP contribution < -0.4 is 4.74 Å². The van der Waals surface area contributed by atoms with Crippen molar-refractivity contribution < 1.29 is 9.47 Å². The summed E-state index contributed by atoms with van der Waals surface area (Å²) in [6, 6.07) is 17.8. The quantitative estimate of drug-likeness (QED) is 0.545. The molecule has 4 rings (SSSR count). The first kappa shape index (κ1) is 19.5. The van der Waals surface area contributed by atoms with E-state index in [-0.39, 0.29) is 6.10 Å². The molecule has 0 saturated carbocycles. The average molecular weight is 407 g/mol. The van der Waals surface area contributed by atoms with Crippen molar-refractivity contribution in [2.24, 2.45) is 0 Å². The first-order valence-electron chi connectivity index (χ1n) is 9.58. The molecule has 0 amide bonds. The summed E-state index contributed by atoms with van der Waals surface area (Å²) in [5.41, 5.74) is 2.68. The van der Waals surface area contributed by atoms with E-state index in [0.29, 0.717) is 11.3 Å². The van der Waals surface area contributed by atoms with Crippen molar-refractivity contribution in [3.63, 3.8) is 0 Å². The van der Waals surface area contributed by atoms with Crippen LogP contribution in [0.25, 0.3) is 11.4 Å². The number of ether oxygens (including phenoxy) is 2. The van der Waals surface area contributed by atoms with E-state index >= 15 is 0 Å². The summed E-state index contributed by atoms with van der Waals surface area (Å²) in [6.07, 6.45) is 2.30. The number of nitrogens with zero attached hydrogens (tertiary/aromatic N) is 4. The number of hydrogen-bond donors (Lipinski definition) is 0. The van der Waals surface area contributed by atoms with E-state index < -0.39 is 0 Å². The van der Waals surface area contributed by atoms with Crippen molar-refractivity contribution in [3.8, 4) is 23.2 Å². The highest BCUT2D eigenvalue weighted by molar-refractivity contribution is 7.98. The summed E-state index contributed by atoms with van der Waals surface area (Å²) in [7, 11) is 1.66. The molecule has 29 heavy (non-hydrogen) atoms. The number of methoxy groups -OCH3 is 1. The Labute approximate surface area is 174 Å². The fourth-order valence-corrected chi connectivity index (χ4v) is 4.35. The Hall–Kier alpha value is -2.82. The smallest absolute Gasteiger partial charge is 0.191 e. The van der Waals surface area contributed by atoms with Crippen LogP contribution in [0.5, 0.6) is 5.75 Å². The van der Waals surface area contributed by atoms with Crippen LogP contribution in [-0.4, -0.2) is 34.6 Å². The molecule has 6 nitrogen and oxygen atoms in total. The zero-order valence-corrected chi connectivity index (χ0v) is 17.1. The predicted molar refractivity (Wildman–Crippen MR) is 112 cm³/mol. The third kappa shape index (κ3) is 4.44. The molecule has 2 aromatic carbocycles. The molecule has 3 aromatic rings. The molecule has 0 radical (unpaired) electrons. The van der Waals surface area contributed by atoms with E-state index in [1.54, 1.807) is 18.9 Å². The van der Waals surface area contributed by atoms with E-state index in [1.807, 2.05) is 48.5 Å². The highest BCUT2D eigenvalue weighted by atomic mass is 32.2. The molecule has 1 saturated heterocycles. The van der Waals surface area contributed by atoms with Crippen LogP contribution in [0.2, 0.25) is 0 Å². The van der Waals surface area contributed by atoms with Gasteiger partial charge < -0.3 is 9.47 Å². The van der Waals surface area contributed by atoms with Crippen LogP contribution in [-0.2, 0) is 17.0 Å². The van der Waals surface area contributed by atoms with Gasteiger partial charge >= 0.3 is 0 Å². The summed E-state index contributed by atoms with van der Waals surface area (Å²) in [4.78, 5) is 0. The zero-order valence-electron chi connectivity index (χ0n) is 16.2. The minimum Gasteiger partial charge on any atom is -0.497 e. The van der Waals surface area contributed by atoms with Crippen LogP contribution in [0.4, 0.5) is 0 Å². The molecule has 1 fully saturated rings. The summed E-state index contributed by atoms with van der Waals surface area (Å²) >= 11 is 1.59. The molecular weight excluding hydrogens is 384 g/mol. The second kappa shape index (κ2) is 9.12. The third-order valence-electron chi connectivity index (χ3n) is 4.97. The topological polar surface area (TPSA) is 73.0 Å². The lowest BCUT2D eigenvalue weighted by Crippen LogP contribution is -2.16. The van der Waals surface area contributed by atoms with Crippen molar-refractivity contribution in [2.45, 2.75) is 36.4 Å². The van der Waals surface area contributed by atoms with Gasteiger partial charge in [0, 0.05) is 17.9 Å². The first-order valence-corrected chi connectivity index (χ1v) is 10.6. The lowest BCUT2D eigenvalue weighted by molar-refractivity contribution is 0.0953. The second-order valence-corrected chi connectivity index (χ2v) is 7.78. The molecule has 0 spiro atoms. The van der Waals surface area contributed by atoms with Crippen molar-refractivity contribution >= 4 is 11.8 Å². The lowest BCUT2D eigenvalue weighted by Gasteiger charge is -2.15. The Kier molecular flexibility index (Phi) is 6.13. The maximum Gasteiger partial charge on any atom is 0.191 e. The Bertz CT molecular complexity index is 1000. The molecule has 0 aliphatic carbocycles. The number of aromatic nitrogens is 3. The van der Waals surface area contributed by atoms with Crippen LogP contribution in [0.15, 0.2) is 53.7 Å². The molecule has 0 unspecified atom stereocenters. The lowest BCUT2D eigenvalue weighted by atomic mass is 10.1. The van der Waals surface area contributed by atoms with Gasteiger partial charge in [0.1, 0.15) is 5.75 Å². The molecule has 2 heterocycles. The number of hydrogen-bond acceptors (Lipinski definition) is 6. The fourth-order valence-electron chi connectivity index (χ4n) is 3.40. The highest BCUT2D eigenvalue weighted by Gasteiger charge is 2.22. The molecular formula is C22H22N4O2S. The van der Waals surface area contributed by atoms with Gasteiger partial charge in [-0.05, 0) is 48.7 Å². The fraction of sp³-hybridized carbons (Fsp3) is 0.318. The molecule has 0 bridgehead atoms. The van der Waals surface area contributed by atoms with Gasteiger partial charge in [-0.2, -0.15) is 5.26 Å². The van der Waals surface area contributed by atoms with Crippen LogP contribution in [0, 0.1) is 11.3 Å². The van der Waals surface area contributed by atoms with E-state index in [4.69, 9.17) is 9.47 Å². The van der Waals surface area contributed by atoms with Crippen molar-refractivity contribution in [2.75, 3.05) is 13.7 Å². The Morgan fingerprint density at radius 3 is 2.76 bits per heavy atom. The van der Waals surface area contributed by atoms with Crippen LogP contribution in [0.3, 0.4) is 0 Å². The Morgan fingerprint density at radius 2 is 2.03 bits per heavy atom. The second-order valence-electron chi connectivity index (χ2n) is 6.84. The van der Waals surface area contributed by atoms with Crippen molar-refractivity contribution in [1.29, 1.82) is 5.26 Å². The normalized spacial score (nSPS) is 15.9. The molecule has 1 atom stereocenters. The van der Waals surface area contributed by atoms with Gasteiger partial charge in [0.25, 0.3) is 0 Å². The Morgan fingerprint density at radius 1 is 1.21 bits per heavy atom. The van der Waals surface area contributed by atoms with Crippen molar-refractivity contribution in [3.05, 3.63) is 59.7 Å². The molecule has 7 heteroatoms. The van der Waals surface area contributed by atoms with Gasteiger partial charge in [-0.15, -0.1) is 10.2 Å². The third-order valence-corrected chi connectivity index (χ3v) is 5.99. The SMILES string of the molecule is COc1ccc(-c2nnc(SCc3ccccc3C#N)n2C[C@@H]2CCCO2)cc1. The van der Waals surface area contributed by atoms with Crippen molar-refractivity contribution in [1.82, 2.24) is 14.8 Å². The maximum absolute atomic E-state index is 9.34. The summed E-state index contributed by atoms with van der Waals surface area (Å²) in [6.45, 7) is 1.53. The number of benzene rings is 2. The van der Waals surface area contributed by atoms with E-state index in [9.17, 15) is 5.26 Å². The van der Waals surface area contributed by atoms with Crippen LogP contribution >= 0.6 is 11.8 Å². The van der Waals surface area contributed by atoms with E-state index in [1.165, 1.54) is 0 Å². The monoisotopic (exact) mass is 406 g/mol. The molecule has 1 aliphatic rings. The number of thioether (sulfide) groups is 1. The van der Waals surface area contributed by atoms with Gasteiger partial charge in [-0.1, -0.05) is 30.0 Å². The minimum atomic E-state index is 0.175. The van der Waals surface area contributed by atoms with Gasteiger partial charge in [0.05, 0.1) is 31.4 Å². The summed E-state index contributed by atoms with van der Waals surface area (Å²) in [5.74, 6) is 2.29. The van der Waals surface area contributed by atoms with E-state index in [0.717, 1.165) is 53.9 Å². The number of rotatable bonds is 7. The summed E-state index contributed by atoms with van der Waals surface area (Å²) in [5, 5.41) is 19.1. The van der Waals surface area contributed by atoms with Crippen LogP contribution in [0.1, 0.15) is 24.0 Å². The Balaban J connectivity index is 1.62. The molecule has 148 valence electrons. The minimum absolute atomic E-state index is 0.175. The van der Waals surface area contributed by atoms with E-state index in [2.05, 4.69) is 20.8 Å². The van der Waals surface area contributed by atoms with Gasteiger partial charge in [-0.3, -0.25) is 4.57 Å². The molecule has 1 aromatic heterocycles. The number of nitriles is 1.